The van der Waals surface area contributed by atoms with Gasteiger partial charge in [0.05, 0.1) is 11.0 Å². The van der Waals surface area contributed by atoms with Gasteiger partial charge < -0.3 is 4.42 Å². The zero-order valence-corrected chi connectivity index (χ0v) is 9.96. The van der Waals surface area contributed by atoms with Gasteiger partial charge in [0.15, 0.2) is 9.84 Å². The second-order valence-electron chi connectivity index (χ2n) is 3.57. The van der Waals surface area contributed by atoms with Gasteiger partial charge in [-0.25, -0.2) is 8.42 Å². The van der Waals surface area contributed by atoms with Crippen LogP contribution in [0.2, 0.25) is 0 Å². The number of hydrogen-bond donors (Lipinski definition) is 0. The van der Waals surface area contributed by atoms with Crippen LogP contribution < -0.4 is 0 Å². The molecule has 1 heterocycles. The highest BCUT2D eigenvalue weighted by molar-refractivity contribution is 7.90. The monoisotopic (exact) mass is 267 g/mol. The van der Waals surface area contributed by atoms with Crippen LogP contribution in [0.1, 0.15) is 5.76 Å². The molecule has 0 amide bonds. The maximum Gasteiger partial charge on any atom is 0.433 e. The van der Waals surface area contributed by atoms with Crippen molar-refractivity contribution < 1.29 is 17.8 Å². The molecule has 0 unspecified atom stereocenters. The van der Waals surface area contributed by atoms with Gasteiger partial charge in [-0.1, -0.05) is 18.2 Å². The molecule has 0 fully saturated rings. The van der Waals surface area contributed by atoms with E-state index >= 15 is 0 Å². The zero-order valence-electron chi connectivity index (χ0n) is 9.15. The van der Waals surface area contributed by atoms with Gasteiger partial charge >= 0.3 is 5.88 Å². The summed E-state index contributed by atoms with van der Waals surface area (Å²) in [6.45, 7) is 0. The number of hydrogen-bond acceptors (Lipinski definition) is 5. The average Bonchev–Trinajstić information content (AvgIpc) is 2.78. The van der Waals surface area contributed by atoms with E-state index in [0.717, 1.165) is 6.07 Å². The maximum absolute atomic E-state index is 12.0. The topological polar surface area (TPSA) is 90.4 Å². The Balaban J connectivity index is 2.25. The molecule has 1 aromatic heterocycles. The molecule has 0 aliphatic heterocycles. The Labute approximate surface area is 103 Å². The Morgan fingerprint density at radius 3 is 2.33 bits per heavy atom. The SMILES string of the molecule is O=[N+]([O-])c1ccc(CS(=O)(=O)c2ccccc2)o1. The van der Waals surface area contributed by atoms with Gasteiger partial charge in [-0.2, -0.15) is 0 Å². The number of sulfone groups is 1. The molecule has 0 saturated heterocycles. The molecule has 0 aliphatic rings. The van der Waals surface area contributed by atoms with Crippen LogP contribution in [0.5, 0.6) is 0 Å². The Morgan fingerprint density at radius 1 is 1.11 bits per heavy atom. The summed E-state index contributed by atoms with van der Waals surface area (Å²) in [5.41, 5.74) is 0. The fourth-order valence-electron chi connectivity index (χ4n) is 1.44. The third kappa shape index (κ3) is 2.57. The smallest absolute Gasteiger partial charge is 0.405 e. The van der Waals surface area contributed by atoms with Crippen molar-refractivity contribution in [2.24, 2.45) is 0 Å². The van der Waals surface area contributed by atoms with Gasteiger partial charge in [-0.05, 0) is 18.2 Å². The first-order valence-corrected chi connectivity index (χ1v) is 6.65. The molecule has 0 aliphatic carbocycles. The van der Waals surface area contributed by atoms with Crippen molar-refractivity contribution in [2.75, 3.05) is 0 Å². The van der Waals surface area contributed by atoms with E-state index in [9.17, 15) is 18.5 Å². The van der Waals surface area contributed by atoms with Gasteiger partial charge in [0, 0.05) is 0 Å². The van der Waals surface area contributed by atoms with Gasteiger partial charge in [0.1, 0.15) is 16.4 Å². The molecule has 0 bridgehead atoms. The van der Waals surface area contributed by atoms with Crippen LogP contribution >= 0.6 is 0 Å². The van der Waals surface area contributed by atoms with E-state index in [1.165, 1.54) is 18.2 Å². The second kappa shape index (κ2) is 4.61. The summed E-state index contributed by atoms with van der Waals surface area (Å²) in [6, 6.07) is 10.3. The van der Waals surface area contributed by atoms with E-state index < -0.39 is 26.4 Å². The molecule has 0 N–H and O–H groups in total. The van der Waals surface area contributed by atoms with Gasteiger partial charge in [-0.3, -0.25) is 10.1 Å². The molecule has 0 atom stereocenters. The molecule has 0 radical (unpaired) electrons. The molecule has 18 heavy (non-hydrogen) atoms. The molecule has 2 rings (SSSR count). The lowest BCUT2D eigenvalue weighted by atomic mass is 10.4. The van der Waals surface area contributed by atoms with Gasteiger partial charge in [-0.15, -0.1) is 0 Å². The van der Waals surface area contributed by atoms with Gasteiger partial charge in [0.25, 0.3) is 0 Å². The maximum atomic E-state index is 12.0. The van der Waals surface area contributed by atoms with Crippen LogP contribution in [0.15, 0.2) is 51.8 Å². The van der Waals surface area contributed by atoms with Gasteiger partial charge in [0.2, 0.25) is 0 Å². The molecule has 1 aromatic carbocycles. The van der Waals surface area contributed by atoms with E-state index in [2.05, 4.69) is 0 Å². The standard InChI is InChI=1S/C11H9NO5S/c13-12(14)11-7-6-9(17-11)8-18(15,16)10-4-2-1-3-5-10/h1-7H,8H2. The first kappa shape index (κ1) is 12.3. The van der Waals surface area contributed by atoms with Crippen LogP contribution in [-0.4, -0.2) is 13.3 Å². The predicted octanol–water partition coefficient (Wildman–Crippen LogP) is 2.16. The third-order valence-electron chi connectivity index (χ3n) is 2.26. The Kier molecular flexibility index (Phi) is 3.15. The Morgan fingerprint density at radius 2 is 1.78 bits per heavy atom. The normalized spacial score (nSPS) is 11.3. The zero-order chi connectivity index (χ0) is 13.2. The second-order valence-corrected chi connectivity index (χ2v) is 5.56. The summed E-state index contributed by atoms with van der Waals surface area (Å²) in [5.74, 6) is -0.816. The molecule has 7 heteroatoms. The van der Waals surface area contributed by atoms with Crippen molar-refractivity contribution in [1.82, 2.24) is 0 Å². The number of benzene rings is 1. The van der Waals surface area contributed by atoms with Crippen molar-refractivity contribution in [3.63, 3.8) is 0 Å². The molecular weight excluding hydrogens is 258 g/mol. The predicted molar refractivity (Wildman–Crippen MR) is 62.7 cm³/mol. The summed E-state index contributed by atoms with van der Waals surface area (Å²) in [5, 5.41) is 10.4. The summed E-state index contributed by atoms with van der Waals surface area (Å²) < 4.78 is 28.7. The largest absolute Gasteiger partial charge is 0.433 e. The minimum absolute atomic E-state index is 0.0468. The highest BCUT2D eigenvalue weighted by Crippen LogP contribution is 2.21. The van der Waals surface area contributed by atoms with Crippen molar-refractivity contribution in [3.8, 4) is 0 Å². The molecule has 6 nitrogen and oxygen atoms in total. The number of furan rings is 1. The van der Waals surface area contributed by atoms with E-state index in [1.54, 1.807) is 18.2 Å². The molecular formula is C11H9NO5S. The lowest BCUT2D eigenvalue weighted by molar-refractivity contribution is -0.402. The molecule has 2 aromatic rings. The summed E-state index contributed by atoms with van der Waals surface area (Å²) >= 11 is 0. The van der Waals surface area contributed by atoms with Crippen LogP contribution in [0.25, 0.3) is 0 Å². The van der Waals surface area contributed by atoms with Crippen molar-refractivity contribution in [3.05, 3.63) is 58.3 Å². The van der Waals surface area contributed by atoms with Crippen LogP contribution in [0.3, 0.4) is 0 Å². The minimum atomic E-state index is -3.54. The first-order chi connectivity index (χ1) is 8.49. The van der Waals surface area contributed by atoms with Crippen LogP contribution in [0, 0.1) is 10.1 Å². The van der Waals surface area contributed by atoms with E-state index in [1.807, 2.05) is 0 Å². The Bertz CT molecular complexity index is 660. The van der Waals surface area contributed by atoms with Crippen molar-refractivity contribution in [2.45, 2.75) is 10.6 Å². The van der Waals surface area contributed by atoms with Crippen molar-refractivity contribution >= 4 is 15.7 Å². The summed E-state index contributed by atoms with van der Waals surface area (Å²) in [4.78, 5) is 9.86. The van der Waals surface area contributed by atoms with E-state index in [0.29, 0.717) is 0 Å². The highest BCUT2D eigenvalue weighted by Gasteiger charge is 2.19. The quantitative estimate of drug-likeness (QED) is 0.625. The molecule has 0 spiro atoms. The Hall–Kier alpha value is -2.15. The van der Waals surface area contributed by atoms with E-state index in [4.69, 9.17) is 4.42 Å². The fraction of sp³-hybridized carbons (Fsp3) is 0.0909. The van der Waals surface area contributed by atoms with Crippen molar-refractivity contribution in [1.29, 1.82) is 0 Å². The minimum Gasteiger partial charge on any atom is -0.405 e. The molecule has 94 valence electrons. The lowest BCUT2D eigenvalue weighted by Gasteiger charge is -2.01. The fourth-order valence-corrected chi connectivity index (χ4v) is 2.71. The number of nitrogens with zero attached hydrogens (tertiary/aromatic N) is 1. The first-order valence-electron chi connectivity index (χ1n) is 5.00. The highest BCUT2D eigenvalue weighted by atomic mass is 32.2. The third-order valence-corrected chi connectivity index (χ3v) is 3.92. The van der Waals surface area contributed by atoms with Crippen LogP contribution in [0.4, 0.5) is 5.88 Å². The lowest BCUT2D eigenvalue weighted by Crippen LogP contribution is -2.03. The summed E-state index contributed by atoms with van der Waals surface area (Å²) in [6.07, 6.45) is 0. The average molecular weight is 267 g/mol. The van der Waals surface area contributed by atoms with Crippen LogP contribution in [-0.2, 0) is 15.6 Å². The molecule has 0 saturated carbocycles. The summed E-state index contributed by atoms with van der Waals surface area (Å²) in [7, 11) is -3.54. The number of nitro groups is 1. The van der Waals surface area contributed by atoms with E-state index in [-0.39, 0.29) is 10.7 Å². The number of rotatable bonds is 4.